The minimum Gasteiger partial charge on any atom is -0.459 e. The summed E-state index contributed by atoms with van der Waals surface area (Å²) in [6.45, 7) is 1.82. The van der Waals surface area contributed by atoms with Gasteiger partial charge in [-0.3, -0.25) is 4.79 Å². The minimum atomic E-state index is -0.450. The third-order valence-electron chi connectivity index (χ3n) is 4.82. The molecule has 0 aliphatic heterocycles. The summed E-state index contributed by atoms with van der Waals surface area (Å²) in [6.07, 6.45) is 0. The summed E-state index contributed by atoms with van der Waals surface area (Å²) in [5, 5.41) is 4.04. The zero-order chi connectivity index (χ0) is 22.0. The molecule has 1 aromatic heterocycles. The number of halogens is 2. The van der Waals surface area contributed by atoms with E-state index >= 15 is 0 Å². The van der Waals surface area contributed by atoms with E-state index < -0.39 is 11.9 Å². The van der Waals surface area contributed by atoms with Crippen LogP contribution in [0.5, 0.6) is 0 Å². The van der Waals surface area contributed by atoms with Crippen molar-refractivity contribution < 1.29 is 18.7 Å². The first-order chi connectivity index (χ1) is 15.0. The van der Waals surface area contributed by atoms with Crippen LogP contribution in [-0.4, -0.2) is 11.9 Å². The molecular formula is C24H17Cl2NO4. The van der Waals surface area contributed by atoms with Crippen molar-refractivity contribution in [1.29, 1.82) is 0 Å². The normalized spacial score (nSPS) is 10.8. The molecule has 31 heavy (non-hydrogen) atoms. The Kier molecular flexibility index (Phi) is 5.98. The lowest BCUT2D eigenvalue weighted by molar-refractivity contribution is 0.0472. The van der Waals surface area contributed by atoms with E-state index in [9.17, 15) is 9.59 Å². The molecule has 0 bridgehead atoms. The number of furan rings is 1. The maximum Gasteiger partial charge on any atom is 0.338 e. The molecule has 4 rings (SSSR count). The van der Waals surface area contributed by atoms with Crippen molar-refractivity contribution in [3.05, 3.63) is 99.2 Å². The SMILES string of the molecule is Cc1oc2c(NC(=O)c3c(Cl)cccc3Cl)cccc2c1COC(=O)c1ccccc1. The van der Waals surface area contributed by atoms with Crippen molar-refractivity contribution in [3.8, 4) is 0 Å². The highest BCUT2D eigenvalue weighted by Gasteiger charge is 2.19. The number of amides is 1. The molecule has 0 aliphatic rings. The number of carbonyl (C=O) groups is 2. The minimum absolute atomic E-state index is 0.0420. The molecule has 0 saturated carbocycles. The van der Waals surface area contributed by atoms with Gasteiger partial charge in [0.15, 0.2) is 5.58 Å². The molecule has 0 fully saturated rings. The first-order valence-corrected chi connectivity index (χ1v) is 10.2. The third-order valence-corrected chi connectivity index (χ3v) is 5.45. The molecule has 1 amide bonds. The highest BCUT2D eigenvalue weighted by molar-refractivity contribution is 6.40. The van der Waals surface area contributed by atoms with E-state index in [4.69, 9.17) is 32.4 Å². The number of para-hydroxylation sites is 1. The fourth-order valence-corrected chi connectivity index (χ4v) is 3.83. The van der Waals surface area contributed by atoms with Crippen LogP contribution in [0.25, 0.3) is 11.0 Å². The van der Waals surface area contributed by atoms with E-state index in [1.165, 1.54) is 0 Å². The van der Waals surface area contributed by atoms with Crippen molar-refractivity contribution in [1.82, 2.24) is 0 Å². The maximum absolute atomic E-state index is 12.8. The molecule has 5 nitrogen and oxygen atoms in total. The van der Waals surface area contributed by atoms with Gasteiger partial charge < -0.3 is 14.5 Å². The number of ether oxygens (including phenoxy) is 1. The van der Waals surface area contributed by atoms with Crippen LogP contribution in [-0.2, 0) is 11.3 Å². The molecule has 0 atom stereocenters. The molecule has 3 aromatic carbocycles. The van der Waals surface area contributed by atoms with Gasteiger partial charge in [0.2, 0.25) is 0 Å². The van der Waals surface area contributed by atoms with E-state index in [2.05, 4.69) is 5.32 Å². The standard InChI is InChI=1S/C24H17Cl2NO4/c1-14-17(13-30-24(29)15-7-3-2-4-8-15)16-9-5-12-20(22(16)31-14)27-23(28)21-18(25)10-6-11-19(21)26/h2-12H,13H2,1H3,(H,27,28). The van der Waals surface area contributed by atoms with Gasteiger partial charge in [0.25, 0.3) is 5.91 Å². The third kappa shape index (κ3) is 4.29. The molecule has 1 N–H and O–H groups in total. The van der Waals surface area contributed by atoms with Crippen LogP contribution in [0, 0.1) is 6.92 Å². The average molecular weight is 454 g/mol. The predicted octanol–water partition coefficient (Wildman–Crippen LogP) is 6.66. The molecule has 0 radical (unpaired) electrons. The van der Waals surface area contributed by atoms with Gasteiger partial charge >= 0.3 is 5.97 Å². The number of esters is 1. The summed E-state index contributed by atoms with van der Waals surface area (Å²) in [4.78, 5) is 25.1. The molecule has 0 unspecified atom stereocenters. The van der Waals surface area contributed by atoms with Crippen LogP contribution in [0.1, 0.15) is 32.0 Å². The Morgan fingerprint density at radius 3 is 2.32 bits per heavy atom. The van der Waals surface area contributed by atoms with E-state index in [0.717, 1.165) is 10.9 Å². The van der Waals surface area contributed by atoms with E-state index in [-0.39, 0.29) is 22.2 Å². The lowest BCUT2D eigenvalue weighted by Gasteiger charge is -2.09. The molecule has 0 spiro atoms. The number of hydrogen-bond acceptors (Lipinski definition) is 4. The quantitative estimate of drug-likeness (QED) is 0.343. The van der Waals surface area contributed by atoms with Gasteiger partial charge in [0.05, 0.1) is 26.9 Å². The summed E-state index contributed by atoms with van der Waals surface area (Å²) in [5.74, 6) is -0.283. The van der Waals surface area contributed by atoms with Crippen LogP contribution in [0.15, 0.2) is 71.1 Å². The van der Waals surface area contributed by atoms with Crippen molar-refractivity contribution in [2.75, 3.05) is 5.32 Å². The maximum atomic E-state index is 12.8. The Labute approximate surface area is 188 Å². The second kappa shape index (κ2) is 8.84. The largest absolute Gasteiger partial charge is 0.459 e. The van der Waals surface area contributed by atoms with Crippen LogP contribution < -0.4 is 5.32 Å². The second-order valence-electron chi connectivity index (χ2n) is 6.81. The fraction of sp³-hybridized carbons (Fsp3) is 0.0833. The molecular weight excluding hydrogens is 437 g/mol. The van der Waals surface area contributed by atoms with Crippen molar-refractivity contribution in [3.63, 3.8) is 0 Å². The Bertz CT molecular complexity index is 1260. The molecule has 7 heteroatoms. The Balaban J connectivity index is 1.60. The molecule has 0 aliphatic carbocycles. The van der Waals surface area contributed by atoms with Crippen LogP contribution in [0.3, 0.4) is 0 Å². The van der Waals surface area contributed by atoms with Gasteiger partial charge in [-0.2, -0.15) is 0 Å². The zero-order valence-corrected chi connectivity index (χ0v) is 18.0. The Morgan fingerprint density at radius 1 is 0.935 bits per heavy atom. The smallest absolute Gasteiger partial charge is 0.338 e. The first-order valence-electron chi connectivity index (χ1n) is 9.44. The zero-order valence-electron chi connectivity index (χ0n) is 16.4. The Morgan fingerprint density at radius 2 is 1.61 bits per heavy atom. The molecule has 156 valence electrons. The van der Waals surface area contributed by atoms with Crippen molar-refractivity contribution >= 4 is 51.7 Å². The van der Waals surface area contributed by atoms with E-state index in [1.54, 1.807) is 61.5 Å². The van der Waals surface area contributed by atoms with Crippen LogP contribution in [0.2, 0.25) is 10.0 Å². The van der Waals surface area contributed by atoms with Crippen molar-refractivity contribution in [2.45, 2.75) is 13.5 Å². The number of fused-ring (bicyclic) bond motifs is 1. The molecule has 0 saturated heterocycles. The summed E-state index contributed by atoms with van der Waals surface area (Å²) in [5.41, 5.74) is 2.32. The van der Waals surface area contributed by atoms with Gasteiger partial charge in [-0.1, -0.05) is 59.6 Å². The van der Waals surface area contributed by atoms with Gasteiger partial charge in [0, 0.05) is 10.9 Å². The lowest BCUT2D eigenvalue weighted by Crippen LogP contribution is -2.13. The second-order valence-corrected chi connectivity index (χ2v) is 7.63. The van der Waals surface area contributed by atoms with Gasteiger partial charge in [-0.25, -0.2) is 4.79 Å². The summed E-state index contributed by atoms with van der Waals surface area (Å²) in [6, 6.07) is 19.0. The number of anilines is 1. The highest BCUT2D eigenvalue weighted by Crippen LogP contribution is 2.33. The number of nitrogens with one attached hydrogen (secondary N) is 1. The van der Waals surface area contributed by atoms with Gasteiger partial charge in [0.1, 0.15) is 12.4 Å². The number of carbonyl (C=O) groups excluding carboxylic acids is 2. The first kappa shape index (κ1) is 21.0. The number of hydrogen-bond donors (Lipinski definition) is 1. The number of benzene rings is 3. The Hall–Kier alpha value is -3.28. The average Bonchev–Trinajstić information content (AvgIpc) is 3.08. The highest BCUT2D eigenvalue weighted by atomic mass is 35.5. The van der Waals surface area contributed by atoms with E-state index in [0.29, 0.717) is 22.6 Å². The number of aryl methyl sites for hydroxylation is 1. The summed E-state index contributed by atoms with van der Waals surface area (Å²) >= 11 is 12.3. The summed E-state index contributed by atoms with van der Waals surface area (Å²) < 4.78 is 11.4. The van der Waals surface area contributed by atoms with Crippen LogP contribution in [0.4, 0.5) is 5.69 Å². The van der Waals surface area contributed by atoms with Crippen molar-refractivity contribution in [2.24, 2.45) is 0 Å². The molecule has 1 heterocycles. The number of rotatable bonds is 5. The summed E-state index contributed by atoms with van der Waals surface area (Å²) in [7, 11) is 0. The topological polar surface area (TPSA) is 68.5 Å². The lowest BCUT2D eigenvalue weighted by atomic mass is 10.1. The fourth-order valence-electron chi connectivity index (χ4n) is 3.26. The van der Waals surface area contributed by atoms with Gasteiger partial charge in [-0.05, 0) is 37.3 Å². The predicted molar refractivity (Wildman–Crippen MR) is 121 cm³/mol. The molecule has 4 aromatic rings. The van der Waals surface area contributed by atoms with Crippen LogP contribution >= 0.6 is 23.2 Å². The monoisotopic (exact) mass is 453 g/mol. The van der Waals surface area contributed by atoms with E-state index in [1.807, 2.05) is 12.1 Å². The van der Waals surface area contributed by atoms with Gasteiger partial charge in [-0.15, -0.1) is 0 Å².